The molecule has 1 N–H and O–H groups in total. The molecule has 0 bridgehead atoms. The highest BCUT2D eigenvalue weighted by Gasteiger charge is 2.10. The topological polar surface area (TPSA) is 59.8 Å². The predicted molar refractivity (Wildman–Crippen MR) is 88.8 cm³/mol. The molecule has 0 atom stereocenters. The molecule has 23 heavy (non-hydrogen) atoms. The van der Waals surface area contributed by atoms with Crippen molar-refractivity contribution in [1.29, 1.82) is 0 Å². The van der Waals surface area contributed by atoms with Crippen LogP contribution >= 0.6 is 11.6 Å². The van der Waals surface area contributed by atoms with Gasteiger partial charge in [-0.3, -0.25) is 4.79 Å². The van der Waals surface area contributed by atoms with E-state index in [9.17, 15) is 4.79 Å². The van der Waals surface area contributed by atoms with Gasteiger partial charge in [0.2, 0.25) is 0 Å². The van der Waals surface area contributed by atoms with E-state index in [1.807, 2.05) is 54.6 Å². The molecule has 6 heteroatoms. The summed E-state index contributed by atoms with van der Waals surface area (Å²) in [6, 6.07) is 17.0. The summed E-state index contributed by atoms with van der Waals surface area (Å²) in [5.74, 6) is -0.241. The lowest BCUT2D eigenvalue weighted by Crippen LogP contribution is -2.26. The molecule has 116 valence electrons. The Morgan fingerprint density at radius 2 is 1.96 bits per heavy atom. The van der Waals surface area contributed by atoms with Crippen molar-refractivity contribution in [2.75, 3.05) is 6.54 Å². The summed E-state index contributed by atoms with van der Waals surface area (Å²) < 4.78 is 0. The van der Waals surface area contributed by atoms with Gasteiger partial charge in [0.05, 0.1) is 11.9 Å². The van der Waals surface area contributed by atoms with Crippen molar-refractivity contribution in [2.45, 2.75) is 6.42 Å². The Balaban J connectivity index is 1.58. The van der Waals surface area contributed by atoms with E-state index in [0.29, 0.717) is 23.7 Å². The molecule has 3 rings (SSSR count). The summed E-state index contributed by atoms with van der Waals surface area (Å²) in [4.78, 5) is 13.5. The van der Waals surface area contributed by atoms with Gasteiger partial charge in [-0.25, -0.2) is 0 Å². The highest BCUT2D eigenvalue weighted by Crippen LogP contribution is 2.10. The van der Waals surface area contributed by atoms with Crippen molar-refractivity contribution >= 4 is 17.5 Å². The van der Waals surface area contributed by atoms with Crippen LogP contribution in [-0.2, 0) is 6.42 Å². The van der Waals surface area contributed by atoms with Gasteiger partial charge in [-0.2, -0.15) is 9.90 Å². The van der Waals surface area contributed by atoms with Crippen LogP contribution in [0.25, 0.3) is 5.69 Å². The van der Waals surface area contributed by atoms with Crippen LogP contribution in [0.5, 0.6) is 0 Å². The lowest BCUT2D eigenvalue weighted by molar-refractivity contribution is 0.0948. The third-order valence-corrected chi connectivity index (χ3v) is 3.53. The number of carbonyl (C=O) groups is 1. The lowest BCUT2D eigenvalue weighted by atomic mass is 10.1. The van der Waals surface area contributed by atoms with Crippen molar-refractivity contribution in [2.24, 2.45) is 0 Å². The van der Waals surface area contributed by atoms with Gasteiger partial charge in [-0.15, -0.1) is 5.10 Å². The Hall–Kier alpha value is -2.66. The molecule has 0 spiro atoms. The number of halogens is 1. The van der Waals surface area contributed by atoms with Crippen LogP contribution in [0.3, 0.4) is 0 Å². The number of para-hydroxylation sites is 1. The summed E-state index contributed by atoms with van der Waals surface area (Å²) >= 11 is 5.93. The largest absolute Gasteiger partial charge is 0.350 e. The zero-order valence-corrected chi connectivity index (χ0v) is 13.1. The molecule has 0 saturated heterocycles. The van der Waals surface area contributed by atoms with E-state index in [-0.39, 0.29) is 5.91 Å². The third-order valence-electron chi connectivity index (χ3n) is 3.30. The van der Waals surface area contributed by atoms with Gasteiger partial charge in [-0.1, -0.05) is 41.9 Å². The number of hydrogen-bond donors (Lipinski definition) is 1. The fraction of sp³-hybridized carbons (Fsp3) is 0.118. The Labute approximate surface area is 138 Å². The molecule has 2 aromatic carbocycles. The SMILES string of the molecule is O=C(NCCc1cccc(Cl)c1)c1cnn(-c2ccccc2)n1. The molecule has 0 aliphatic carbocycles. The summed E-state index contributed by atoms with van der Waals surface area (Å²) in [6.45, 7) is 0.511. The van der Waals surface area contributed by atoms with E-state index in [1.54, 1.807) is 0 Å². The molecular weight excluding hydrogens is 312 g/mol. The molecule has 1 heterocycles. The van der Waals surface area contributed by atoms with Gasteiger partial charge < -0.3 is 5.32 Å². The van der Waals surface area contributed by atoms with E-state index in [2.05, 4.69) is 15.5 Å². The Morgan fingerprint density at radius 3 is 2.74 bits per heavy atom. The number of rotatable bonds is 5. The molecule has 5 nitrogen and oxygen atoms in total. The number of amides is 1. The second kappa shape index (κ2) is 7.07. The highest BCUT2D eigenvalue weighted by molar-refractivity contribution is 6.30. The number of nitrogens with zero attached hydrogens (tertiary/aromatic N) is 3. The molecule has 0 unspecified atom stereocenters. The van der Waals surface area contributed by atoms with Crippen LogP contribution in [0.4, 0.5) is 0 Å². The standard InChI is InChI=1S/C17H15ClN4O/c18-14-6-4-5-13(11-14)9-10-19-17(23)16-12-20-22(21-16)15-7-2-1-3-8-15/h1-8,11-12H,9-10H2,(H,19,23). The van der Waals surface area contributed by atoms with E-state index in [1.165, 1.54) is 11.0 Å². The monoisotopic (exact) mass is 326 g/mol. The fourth-order valence-electron chi connectivity index (χ4n) is 2.16. The van der Waals surface area contributed by atoms with Crippen molar-refractivity contribution in [3.05, 3.63) is 77.1 Å². The Morgan fingerprint density at radius 1 is 1.13 bits per heavy atom. The number of aromatic nitrogens is 3. The van der Waals surface area contributed by atoms with Crippen LogP contribution in [0.1, 0.15) is 16.1 Å². The molecule has 0 saturated carbocycles. The summed E-state index contributed by atoms with van der Waals surface area (Å²) in [7, 11) is 0. The van der Waals surface area contributed by atoms with E-state index < -0.39 is 0 Å². The second-order valence-corrected chi connectivity index (χ2v) is 5.43. The number of carbonyl (C=O) groups excluding carboxylic acids is 1. The molecule has 0 fully saturated rings. The smallest absolute Gasteiger partial charge is 0.273 e. The summed E-state index contributed by atoms with van der Waals surface area (Å²) in [5, 5.41) is 11.8. The van der Waals surface area contributed by atoms with Gasteiger partial charge >= 0.3 is 0 Å². The molecule has 0 aliphatic heterocycles. The molecule has 3 aromatic rings. The maximum atomic E-state index is 12.1. The zero-order valence-electron chi connectivity index (χ0n) is 12.3. The first-order valence-electron chi connectivity index (χ1n) is 7.23. The quantitative estimate of drug-likeness (QED) is 0.784. The third kappa shape index (κ3) is 3.96. The first-order chi connectivity index (χ1) is 11.2. The first-order valence-corrected chi connectivity index (χ1v) is 7.60. The number of benzene rings is 2. The van der Waals surface area contributed by atoms with Gasteiger partial charge in [0.25, 0.3) is 5.91 Å². The maximum absolute atomic E-state index is 12.1. The van der Waals surface area contributed by atoms with E-state index >= 15 is 0 Å². The minimum atomic E-state index is -0.241. The normalized spacial score (nSPS) is 10.5. The molecule has 0 radical (unpaired) electrons. The van der Waals surface area contributed by atoms with Crippen LogP contribution in [0.15, 0.2) is 60.8 Å². The summed E-state index contributed by atoms with van der Waals surface area (Å²) in [5.41, 5.74) is 2.18. The van der Waals surface area contributed by atoms with Crippen molar-refractivity contribution in [3.63, 3.8) is 0 Å². The molecule has 1 aromatic heterocycles. The van der Waals surface area contributed by atoms with Crippen LogP contribution < -0.4 is 5.32 Å². The van der Waals surface area contributed by atoms with Crippen LogP contribution in [0.2, 0.25) is 5.02 Å². The van der Waals surface area contributed by atoms with Gasteiger partial charge in [-0.05, 0) is 36.2 Å². The lowest BCUT2D eigenvalue weighted by Gasteiger charge is -2.04. The van der Waals surface area contributed by atoms with Gasteiger partial charge in [0, 0.05) is 11.6 Å². The Kier molecular flexibility index (Phi) is 4.68. The maximum Gasteiger partial charge on any atom is 0.273 e. The minimum Gasteiger partial charge on any atom is -0.350 e. The average molecular weight is 327 g/mol. The molecule has 0 aliphatic rings. The van der Waals surface area contributed by atoms with Crippen LogP contribution in [0, 0.1) is 0 Å². The number of hydrogen-bond acceptors (Lipinski definition) is 3. The van der Waals surface area contributed by atoms with Crippen LogP contribution in [-0.4, -0.2) is 27.4 Å². The summed E-state index contributed by atoms with van der Waals surface area (Å²) in [6.07, 6.45) is 2.17. The zero-order chi connectivity index (χ0) is 16.1. The van der Waals surface area contributed by atoms with E-state index in [4.69, 9.17) is 11.6 Å². The highest BCUT2D eigenvalue weighted by atomic mass is 35.5. The van der Waals surface area contributed by atoms with Crippen molar-refractivity contribution in [1.82, 2.24) is 20.3 Å². The van der Waals surface area contributed by atoms with Crippen molar-refractivity contribution < 1.29 is 4.79 Å². The second-order valence-electron chi connectivity index (χ2n) is 4.99. The van der Waals surface area contributed by atoms with Gasteiger partial charge in [0.15, 0.2) is 5.69 Å². The molecular formula is C17H15ClN4O. The minimum absolute atomic E-state index is 0.241. The van der Waals surface area contributed by atoms with Gasteiger partial charge in [0.1, 0.15) is 0 Å². The average Bonchev–Trinajstić information content (AvgIpc) is 3.06. The Bertz CT molecular complexity index is 801. The van der Waals surface area contributed by atoms with E-state index in [0.717, 1.165) is 11.3 Å². The van der Waals surface area contributed by atoms with Crippen molar-refractivity contribution in [3.8, 4) is 5.69 Å². The molecule has 1 amide bonds. The fourth-order valence-corrected chi connectivity index (χ4v) is 2.37. The first kappa shape index (κ1) is 15.2. The predicted octanol–water partition coefficient (Wildman–Crippen LogP) is 2.89. The number of nitrogens with one attached hydrogen (secondary N) is 1.